The summed E-state index contributed by atoms with van der Waals surface area (Å²) in [6, 6.07) is 9.73. The number of hydrogen-bond donors (Lipinski definition) is 0. The molecule has 21 heavy (non-hydrogen) atoms. The van der Waals surface area contributed by atoms with Crippen LogP contribution in [0.2, 0.25) is 5.02 Å². The molecule has 0 aliphatic rings. The summed E-state index contributed by atoms with van der Waals surface area (Å²) >= 11 is 11.7. The number of nitrogens with zero attached hydrogens (tertiary/aromatic N) is 1. The second kappa shape index (κ2) is 6.22. The number of benzene rings is 2. The number of halogens is 3. The number of anilines is 1. The molecule has 0 atom stereocenters. The molecule has 0 saturated heterocycles. The third-order valence-electron chi connectivity index (χ3n) is 2.98. The van der Waals surface area contributed by atoms with Crippen LogP contribution in [0.5, 0.6) is 0 Å². The molecule has 2 aromatic carbocycles. The maximum atomic E-state index is 12.9. The third kappa shape index (κ3) is 3.31. The summed E-state index contributed by atoms with van der Waals surface area (Å²) < 4.78 is 39.2. The van der Waals surface area contributed by atoms with Gasteiger partial charge < -0.3 is 0 Å². The van der Waals surface area contributed by atoms with E-state index >= 15 is 0 Å². The van der Waals surface area contributed by atoms with Gasteiger partial charge in [-0.05, 0) is 42.0 Å². The Morgan fingerprint density at radius 1 is 1.14 bits per heavy atom. The molecule has 2 rings (SSSR count). The fraction of sp³-hybridized carbons (Fsp3) is 0.143. The first-order valence-electron chi connectivity index (χ1n) is 5.95. The molecule has 0 radical (unpaired) electrons. The molecule has 7 heteroatoms. The first kappa shape index (κ1) is 16.1. The van der Waals surface area contributed by atoms with Crippen molar-refractivity contribution < 1.29 is 12.8 Å². The summed E-state index contributed by atoms with van der Waals surface area (Å²) in [5, 5.41) is 0.109. The average molecular weight is 348 g/mol. The van der Waals surface area contributed by atoms with Crippen LogP contribution in [0.3, 0.4) is 0 Å². The second-order valence-electron chi connectivity index (χ2n) is 4.35. The minimum Gasteiger partial charge on any atom is -0.269 e. The minimum absolute atomic E-state index is 0.0332. The Hall–Kier alpha value is -1.30. The average Bonchev–Trinajstić information content (AvgIpc) is 2.47. The van der Waals surface area contributed by atoms with E-state index in [0.717, 1.165) is 4.31 Å². The number of sulfonamides is 1. The molecule has 0 bridgehead atoms. The summed E-state index contributed by atoms with van der Waals surface area (Å²) in [7, 11) is -2.47. The maximum Gasteiger partial charge on any atom is 0.265 e. The molecule has 0 spiro atoms. The van der Waals surface area contributed by atoms with Gasteiger partial charge in [-0.25, -0.2) is 12.8 Å². The van der Waals surface area contributed by atoms with E-state index in [2.05, 4.69) is 0 Å². The van der Waals surface area contributed by atoms with Crippen LogP contribution in [0.4, 0.5) is 10.1 Å². The van der Waals surface area contributed by atoms with E-state index in [1.54, 1.807) is 6.07 Å². The lowest BCUT2D eigenvalue weighted by atomic mass is 10.2. The monoisotopic (exact) mass is 347 g/mol. The van der Waals surface area contributed by atoms with E-state index in [9.17, 15) is 12.8 Å². The van der Waals surface area contributed by atoms with Gasteiger partial charge >= 0.3 is 0 Å². The molecular weight excluding hydrogens is 336 g/mol. The van der Waals surface area contributed by atoms with Gasteiger partial charge in [-0.15, -0.1) is 11.6 Å². The first-order valence-corrected chi connectivity index (χ1v) is 8.30. The van der Waals surface area contributed by atoms with Crippen molar-refractivity contribution >= 4 is 38.9 Å². The summed E-state index contributed by atoms with van der Waals surface area (Å²) in [6.07, 6.45) is 0. The van der Waals surface area contributed by atoms with Gasteiger partial charge in [0.2, 0.25) is 0 Å². The Morgan fingerprint density at radius 3 is 2.33 bits per heavy atom. The summed E-state index contributed by atoms with van der Waals surface area (Å²) in [6.45, 7) is 0. The van der Waals surface area contributed by atoms with Crippen molar-refractivity contribution in [3.05, 3.63) is 58.9 Å². The molecule has 0 amide bonds. The molecular formula is C14H12Cl2FNO2S. The molecule has 0 aliphatic carbocycles. The Balaban J connectivity index is 2.48. The zero-order valence-electron chi connectivity index (χ0n) is 11.1. The molecule has 0 unspecified atom stereocenters. The SMILES string of the molecule is CN(c1ccc(F)cc1)S(=O)(=O)c1cc(CCl)ccc1Cl. The highest BCUT2D eigenvalue weighted by molar-refractivity contribution is 7.93. The number of rotatable bonds is 4. The van der Waals surface area contributed by atoms with Crippen molar-refractivity contribution in [3.8, 4) is 0 Å². The summed E-state index contributed by atoms with van der Waals surface area (Å²) in [4.78, 5) is -0.0332. The Morgan fingerprint density at radius 2 is 1.76 bits per heavy atom. The van der Waals surface area contributed by atoms with Crippen molar-refractivity contribution in [3.63, 3.8) is 0 Å². The van der Waals surface area contributed by atoms with Gasteiger partial charge in [0.1, 0.15) is 10.7 Å². The van der Waals surface area contributed by atoms with Gasteiger partial charge in [0, 0.05) is 12.9 Å². The molecule has 0 N–H and O–H groups in total. The van der Waals surface area contributed by atoms with Gasteiger partial charge in [-0.3, -0.25) is 4.31 Å². The van der Waals surface area contributed by atoms with E-state index in [4.69, 9.17) is 23.2 Å². The first-order chi connectivity index (χ1) is 9.86. The molecule has 0 heterocycles. The van der Waals surface area contributed by atoms with Crippen LogP contribution >= 0.6 is 23.2 Å². The van der Waals surface area contributed by atoms with Crippen molar-refractivity contribution in [1.82, 2.24) is 0 Å². The lowest BCUT2D eigenvalue weighted by Gasteiger charge is -2.20. The molecule has 0 aromatic heterocycles. The molecule has 2 aromatic rings. The van der Waals surface area contributed by atoms with Crippen molar-refractivity contribution in [2.24, 2.45) is 0 Å². The van der Waals surface area contributed by atoms with Crippen LogP contribution < -0.4 is 4.31 Å². The summed E-state index contributed by atoms with van der Waals surface area (Å²) in [5.74, 6) is -0.258. The van der Waals surface area contributed by atoms with Gasteiger partial charge in [-0.2, -0.15) is 0 Å². The zero-order valence-corrected chi connectivity index (χ0v) is 13.4. The third-order valence-corrected chi connectivity index (χ3v) is 5.55. The quantitative estimate of drug-likeness (QED) is 0.782. The van der Waals surface area contributed by atoms with Crippen LogP contribution in [0.25, 0.3) is 0 Å². The molecule has 112 valence electrons. The predicted octanol–water partition coefficient (Wildman–Crippen LogP) is 4.04. The van der Waals surface area contributed by atoms with Crippen molar-refractivity contribution in [2.75, 3.05) is 11.4 Å². The van der Waals surface area contributed by atoms with E-state index in [1.807, 2.05) is 0 Å². The normalized spacial score (nSPS) is 11.4. The van der Waals surface area contributed by atoms with Crippen LogP contribution in [0.1, 0.15) is 5.56 Å². The second-order valence-corrected chi connectivity index (χ2v) is 6.96. The van der Waals surface area contributed by atoms with E-state index in [1.165, 1.54) is 43.4 Å². The molecule has 0 aliphatic heterocycles. The Bertz CT molecular complexity index is 748. The molecule has 0 saturated carbocycles. The number of alkyl halides is 1. The van der Waals surface area contributed by atoms with Crippen molar-refractivity contribution in [1.29, 1.82) is 0 Å². The largest absolute Gasteiger partial charge is 0.269 e. The standard InChI is InChI=1S/C14H12Cl2FNO2S/c1-18(12-5-3-11(17)4-6-12)21(19,20)14-8-10(9-15)2-7-13(14)16/h2-8H,9H2,1H3. The fourth-order valence-electron chi connectivity index (χ4n) is 1.77. The number of hydrogen-bond acceptors (Lipinski definition) is 2. The fourth-order valence-corrected chi connectivity index (χ4v) is 3.65. The van der Waals surface area contributed by atoms with Gasteiger partial charge in [0.15, 0.2) is 0 Å². The van der Waals surface area contributed by atoms with Crippen LogP contribution in [-0.2, 0) is 15.9 Å². The Kier molecular flexibility index (Phi) is 4.76. The smallest absolute Gasteiger partial charge is 0.265 e. The van der Waals surface area contributed by atoms with E-state index in [-0.39, 0.29) is 15.8 Å². The highest BCUT2D eigenvalue weighted by Gasteiger charge is 2.24. The van der Waals surface area contributed by atoms with Gasteiger partial charge in [0.05, 0.1) is 10.7 Å². The lowest BCUT2D eigenvalue weighted by molar-refractivity contribution is 0.594. The predicted molar refractivity (Wildman–Crippen MR) is 83.0 cm³/mol. The van der Waals surface area contributed by atoms with E-state index < -0.39 is 15.8 Å². The minimum atomic E-state index is -3.85. The molecule has 0 fully saturated rings. The van der Waals surface area contributed by atoms with Crippen LogP contribution in [0.15, 0.2) is 47.4 Å². The maximum absolute atomic E-state index is 12.9. The van der Waals surface area contributed by atoms with Gasteiger partial charge in [0.25, 0.3) is 10.0 Å². The topological polar surface area (TPSA) is 37.4 Å². The molecule has 3 nitrogen and oxygen atoms in total. The van der Waals surface area contributed by atoms with Crippen LogP contribution in [0, 0.1) is 5.82 Å². The van der Waals surface area contributed by atoms with E-state index in [0.29, 0.717) is 11.3 Å². The highest BCUT2D eigenvalue weighted by atomic mass is 35.5. The van der Waals surface area contributed by atoms with Crippen LogP contribution in [-0.4, -0.2) is 15.5 Å². The van der Waals surface area contributed by atoms with Crippen molar-refractivity contribution in [2.45, 2.75) is 10.8 Å². The Labute approximate surface area is 133 Å². The zero-order chi connectivity index (χ0) is 15.6. The lowest BCUT2D eigenvalue weighted by Crippen LogP contribution is -2.26. The summed E-state index contributed by atoms with van der Waals surface area (Å²) in [5.41, 5.74) is 0.982. The highest BCUT2D eigenvalue weighted by Crippen LogP contribution is 2.28. The van der Waals surface area contributed by atoms with Gasteiger partial charge in [-0.1, -0.05) is 17.7 Å².